The molecule has 0 aliphatic heterocycles. The minimum absolute atomic E-state index is 0.0236. The van der Waals surface area contributed by atoms with Crippen molar-refractivity contribution in [3.8, 4) is 0 Å². The lowest BCUT2D eigenvalue weighted by Gasteiger charge is -2.01. The second-order valence-electron chi connectivity index (χ2n) is 6.35. The Morgan fingerprint density at radius 1 is 1.13 bits per heavy atom. The number of hydrogen-bond donors (Lipinski definition) is 0. The van der Waals surface area contributed by atoms with Crippen LogP contribution in [0, 0.1) is 10.1 Å². The van der Waals surface area contributed by atoms with E-state index >= 15 is 0 Å². The maximum atomic E-state index is 12.7. The zero-order chi connectivity index (χ0) is 21.4. The lowest BCUT2D eigenvalue weighted by atomic mass is 10.2. The Bertz CT molecular complexity index is 1400. The van der Waals surface area contributed by atoms with Gasteiger partial charge in [-0.3, -0.25) is 14.9 Å². The van der Waals surface area contributed by atoms with Gasteiger partial charge in [0.05, 0.1) is 32.2 Å². The van der Waals surface area contributed by atoms with Crippen molar-refractivity contribution in [2.75, 3.05) is 6.61 Å². The summed E-state index contributed by atoms with van der Waals surface area (Å²) in [6.45, 7) is 2.04. The number of nitrogens with zero attached hydrogens (tertiary/aromatic N) is 3. The normalized spacial score (nSPS) is 11.9. The summed E-state index contributed by atoms with van der Waals surface area (Å²) in [4.78, 5) is 40.3. The summed E-state index contributed by atoms with van der Waals surface area (Å²) in [6, 6.07) is 11.3. The molecule has 1 amide bonds. The van der Waals surface area contributed by atoms with E-state index in [1.165, 1.54) is 34.8 Å². The third kappa shape index (κ3) is 3.62. The lowest BCUT2D eigenvalue weighted by molar-refractivity contribution is -0.384. The molecule has 0 aliphatic carbocycles. The molecule has 0 fully saturated rings. The topological polar surface area (TPSA) is 104 Å². The molecule has 0 saturated heterocycles. The first-order chi connectivity index (χ1) is 14.4. The van der Waals surface area contributed by atoms with Gasteiger partial charge in [-0.05, 0) is 37.3 Å². The summed E-state index contributed by atoms with van der Waals surface area (Å²) >= 11 is 2.53. The molecular formula is C20H15N3O5S2. The zero-order valence-corrected chi connectivity index (χ0v) is 17.6. The fourth-order valence-corrected chi connectivity index (χ4v) is 4.96. The first-order valence-corrected chi connectivity index (χ1v) is 10.5. The molecule has 30 heavy (non-hydrogen) atoms. The van der Waals surface area contributed by atoms with Crippen LogP contribution in [0.15, 0.2) is 47.5 Å². The Kier molecular flexibility index (Phi) is 5.18. The van der Waals surface area contributed by atoms with Gasteiger partial charge in [0.25, 0.3) is 11.6 Å². The van der Waals surface area contributed by atoms with Crippen molar-refractivity contribution in [2.24, 2.45) is 12.0 Å². The van der Waals surface area contributed by atoms with Gasteiger partial charge in [-0.15, -0.1) is 11.3 Å². The van der Waals surface area contributed by atoms with Gasteiger partial charge in [-0.2, -0.15) is 4.99 Å². The van der Waals surface area contributed by atoms with Crippen LogP contribution in [0.4, 0.5) is 5.69 Å². The van der Waals surface area contributed by atoms with Crippen molar-refractivity contribution in [1.82, 2.24) is 4.57 Å². The molecule has 0 spiro atoms. The Morgan fingerprint density at radius 2 is 1.93 bits per heavy atom. The van der Waals surface area contributed by atoms with Crippen molar-refractivity contribution >= 4 is 60.5 Å². The SMILES string of the molecule is CCOC(=O)c1ccc2c(c1)sc(=NC(=O)c1cc3cc([N+](=O)[O-])ccc3s1)n2C. The number of esters is 1. The van der Waals surface area contributed by atoms with Crippen LogP contribution in [0.25, 0.3) is 20.3 Å². The molecule has 2 aromatic heterocycles. The van der Waals surface area contributed by atoms with Gasteiger partial charge in [0, 0.05) is 29.3 Å². The molecule has 4 rings (SSSR count). The molecule has 0 aliphatic rings. The highest BCUT2D eigenvalue weighted by Crippen LogP contribution is 2.29. The number of thiazole rings is 1. The molecule has 152 valence electrons. The zero-order valence-electron chi connectivity index (χ0n) is 15.9. The van der Waals surface area contributed by atoms with Gasteiger partial charge in [-0.25, -0.2) is 4.79 Å². The Morgan fingerprint density at radius 3 is 2.67 bits per heavy atom. The van der Waals surface area contributed by atoms with E-state index in [9.17, 15) is 19.7 Å². The van der Waals surface area contributed by atoms with Gasteiger partial charge < -0.3 is 9.30 Å². The minimum Gasteiger partial charge on any atom is -0.462 e. The third-order valence-corrected chi connectivity index (χ3v) is 6.64. The summed E-state index contributed by atoms with van der Waals surface area (Å²) in [5.74, 6) is -0.823. The van der Waals surface area contributed by atoms with Crippen LogP contribution in [0.3, 0.4) is 0 Å². The fourth-order valence-electron chi connectivity index (χ4n) is 2.97. The van der Waals surface area contributed by atoms with Gasteiger partial charge in [0.1, 0.15) is 0 Å². The van der Waals surface area contributed by atoms with Crippen LogP contribution in [-0.4, -0.2) is 28.0 Å². The van der Waals surface area contributed by atoms with Crippen molar-refractivity contribution in [1.29, 1.82) is 0 Å². The number of aryl methyl sites for hydroxylation is 1. The molecule has 0 N–H and O–H groups in total. The largest absolute Gasteiger partial charge is 0.462 e. The third-order valence-electron chi connectivity index (χ3n) is 4.44. The lowest BCUT2D eigenvalue weighted by Crippen LogP contribution is -2.12. The molecule has 0 unspecified atom stereocenters. The summed E-state index contributed by atoms with van der Waals surface area (Å²) in [5.41, 5.74) is 1.26. The Balaban J connectivity index is 1.72. The summed E-state index contributed by atoms with van der Waals surface area (Å²) in [5, 5.41) is 11.6. The number of benzene rings is 2. The van der Waals surface area contributed by atoms with Crippen molar-refractivity contribution < 1.29 is 19.2 Å². The molecule has 8 nitrogen and oxygen atoms in total. The number of nitro groups is 1. The summed E-state index contributed by atoms with van der Waals surface area (Å²) in [6.07, 6.45) is 0. The van der Waals surface area contributed by atoms with E-state index in [0.717, 1.165) is 14.9 Å². The smallest absolute Gasteiger partial charge is 0.338 e. The van der Waals surface area contributed by atoms with Gasteiger partial charge in [0.15, 0.2) is 4.80 Å². The van der Waals surface area contributed by atoms with Gasteiger partial charge in [0.2, 0.25) is 0 Å². The molecule has 0 radical (unpaired) electrons. The predicted molar refractivity (Wildman–Crippen MR) is 115 cm³/mol. The minimum atomic E-state index is -0.468. The van der Waals surface area contributed by atoms with Crippen LogP contribution < -0.4 is 4.80 Å². The van der Waals surface area contributed by atoms with E-state index < -0.39 is 16.8 Å². The van der Waals surface area contributed by atoms with Crippen molar-refractivity contribution in [3.63, 3.8) is 0 Å². The monoisotopic (exact) mass is 441 g/mol. The quantitative estimate of drug-likeness (QED) is 0.267. The highest BCUT2D eigenvalue weighted by atomic mass is 32.1. The van der Waals surface area contributed by atoms with E-state index in [2.05, 4.69) is 4.99 Å². The molecule has 0 bridgehead atoms. The molecule has 2 aromatic carbocycles. The van der Waals surface area contributed by atoms with Crippen LogP contribution in [0.5, 0.6) is 0 Å². The van der Waals surface area contributed by atoms with Crippen LogP contribution >= 0.6 is 22.7 Å². The summed E-state index contributed by atoms with van der Waals surface area (Å²) < 4.78 is 8.40. The number of hydrogen-bond acceptors (Lipinski definition) is 7. The van der Waals surface area contributed by atoms with E-state index in [1.54, 1.807) is 48.9 Å². The summed E-state index contributed by atoms with van der Waals surface area (Å²) in [7, 11) is 1.79. The molecule has 0 atom stereocenters. The van der Waals surface area contributed by atoms with Gasteiger partial charge in [-0.1, -0.05) is 11.3 Å². The Labute approximate surface area is 177 Å². The molecule has 4 aromatic rings. The van der Waals surface area contributed by atoms with Crippen LogP contribution in [0.1, 0.15) is 27.0 Å². The number of amides is 1. The number of nitro benzene ring substituents is 1. The van der Waals surface area contributed by atoms with E-state index in [4.69, 9.17) is 4.74 Å². The van der Waals surface area contributed by atoms with Crippen molar-refractivity contribution in [3.05, 3.63) is 67.8 Å². The molecule has 10 heteroatoms. The standard InChI is InChI=1S/C20H15N3O5S2/c1-3-28-19(25)11-4-6-14-16(9-11)30-20(22(14)2)21-18(24)17-10-12-8-13(23(26)27)5-7-15(12)29-17/h4-10H,3H2,1-2H3. The first kappa shape index (κ1) is 19.9. The van der Waals surface area contributed by atoms with E-state index in [-0.39, 0.29) is 5.69 Å². The number of aromatic nitrogens is 1. The number of fused-ring (bicyclic) bond motifs is 2. The number of ether oxygens (including phenoxy) is 1. The number of thiophene rings is 1. The van der Waals surface area contributed by atoms with Gasteiger partial charge >= 0.3 is 5.97 Å². The maximum absolute atomic E-state index is 12.7. The number of rotatable bonds is 4. The maximum Gasteiger partial charge on any atom is 0.338 e. The number of carbonyl (C=O) groups is 2. The molecular weight excluding hydrogens is 426 g/mol. The number of carbonyl (C=O) groups excluding carboxylic acids is 2. The first-order valence-electron chi connectivity index (χ1n) is 8.91. The van der Waals surface area contributed by atoms with Crippen LogP contribution in [0.2, 0.25) is 0 Å². The Hall–Kier alpha value is -3.37. The second kappa shape index (κ2) is 7.81. The molecule has 2 heterocycles. The molecule has 0 saturated carbocycles. The highest BCUT2D eigenvalue weighted by Gasteiger charge is 2.14. The average molecular weight is 441 g/mol. The van der Waals surface area contributed by atoms with Crippen LogP contribution in [-0.2, 0) is 11.8 Å². The number of non-ortho nitro benzene ring substituents is 1. The average Bonchev–Trinajstić information content (AvgIpc) is 3.28. The predicted octanol–water partition coefficient (Wildman–Crippen LogP) is 4.28. The van der Waals surface area contributed by atoms with E-state index in [0.29, 0.717) is 27.2 Å². The fraction of sp³-hybridized carbons (Fsp3) is 0.150. The second-order valence-corrected chi connectivity index (χ2v) is 8.45. The van der Waals surface area contributed by atoms with E-state index in [1.807, 2.05) is 0 Å². The highest BCUT2D eigenvalue weighted by molar-refractivity contribution is 7.21. The van der Waals surface area contributed by atoms with Crippen molar-refractivity contribution in [2.45, 2.75) is 6.92 Å².